The average molecular weight is 224 g/mol. The molecule has 90 valence electrons. The molecule has 5 heteroatoms. The highest BCUT2D eigenvalue weighted by Gasteiger charge is 2.15. The lowest BCUT2D eigenvalue weighted by atomic mass is 10.1. The third kappa shape index (κ3) is 4.02. The van der Waals surface area contributed by atoms with Gasteiger partial charge in [0.25, 0.3) is 0 Å². The van der Waals surface area contributed by atoms with Crippen LogP contribution in [-0.2, 0) is 4.74 Å². The highest BCUT2D eigenvalue weighted by atomic mass is 16.5. The van der Waals surface area contributed by atoms with Gasteiger partial charge in [-0.3, -0.25) is 0 Å². The topological polar surface area (TPSA) is 59.1 Å². The zero-order valence-electron chi connectivity index (χ0n) is 10.4. The summed E-state index contributed by atoms with van der Waals surface area (Å²) in [6, 6.07) is 1.84. The predicted molar refractivity (Wildman–Crippen MR) is 65.8 cm³/mol. The van der Waals surface area contributed by atoms with Gasteiger partial charge in [0.2, 0.25) is 5.95 Å². The van der Waals surface area contributed by atoms with E-state index in [-0.39, 0.29) is 5.60 Å². The molecule has 0 saturated heterocycles. The van der Waals surface area contributed by atoms with Crippen molar-refractivity contribution in [1.82, 2.24) is 9.97 Å². The minimum Gasteiger partial charge on any atom is -0.377 e. The average Bonchev–Trinajstić information content (AvgIpc) is 2.28. The SMILES string of the molecule is CCNc1nccc(NCC(C)(C)OC)n1. The quantitative estimate of drug-likeness (QED) is 0.771. The summed E-state index contributed by atoms with van der Waals surface area (Å²) in [6.07, 6.45) is 1.73. The smallest absolute Gasteiger partial charge is 0.224 e. The molecule has 16 heavy (non-hydrogen) atoms. The molecule has 0 aliphatic carbocycles. The van der Waals surface area contributed by atoms with Crippen molar-refractivity contribution in [2.45, 2.75) is 26.4 Å². The van der Waals surface area contributed by atoms with E-state index in [1.807, 2.05) is 26.8 Å². The second kappa shape index (κ2) is 5.65. The molecule has 1 heterocycles. The van der Waals surface area contributed by atoms with Crippen LogP contribution in [0.5, 0.6) is 0 Å². The van der Waals surface area contributed by atoms with Crippen LogP contribution in [0.2, 0.25) is 0 Å². The number of hydrogen-bond donors (Lipinski definition) is 2. The van der Waals surface area contributed by atoms with E-state index in [1.54, 1.807) is 13.3 Å². The highest BCUT2D eigenvalue weighted by Crippen LogP contribution is 2.10. The van der Waals surface area contributed by atoms with Gasteiger partial charge >= 0.3 is 0 Å². The standard InChI is InChI=1S/C11H20N4O/c1-5-12-10-13-7-6-9(15-10)14-8-11(2,3)16-4/h6-7H,5,8H2,1-4H3,(H2,12,13,14,15). The van der Waals surface area contributed by atoms with Crippen molar-refractivity contribution in [3.05, 3.63) is 12.3 Å². The third-order valence-corrected chi connectivity index (χ3v) is 2.24. The first-order valence-electron chi connectivity index (χ1n) is 5.43. The largest absolute Gasteiger partial charge is 0.377 e. The number of nitrogens with zero attached hydrogens (tertiary/aromatic N) is 2. The Morgan fingerprint density at radius 1 is 1.38 bits per heavy atom. The van der Waals surface area contributed by atoms with Gasteiger partial charge in [-0.05, 0) is 26.8 Å². The Kier molecular flexibility index (Phi) is 4.49. The van der Waals surface area contributed by atoms with Gasteiger partial charge in [0.1, 0.15) is 5.82 Å². The Morgan fingerprint density at radius 3 is 2.75 bits per heavy atom. The van der Waals surface area contributed by atoms with Crippen LogP contribution >= 0.6 is 0 Å². The van der Waals surface area contributed by atoms with E-state index >= 15 is 0 Å². The molecular weight excluding hydrogens is 204 g/mol. The summed E-state index contributed by atoms with van der Waals surface area (Å²) < 4.78 is 5.32. The maximum atomic E-state index is 5.32. The fraction of sp³-hybridized carbons (Fsp3) is 0.636. The molecule has 0 amide bonds. The maximum absolute atomic E-state index is 5.32. The summed E-state index contributed by atoms with van der Waals surface area (Å²) in [4.78, 5) is 8.41. The van der Waals surface area contributed by atoms with E-state index in [2.05, 4.69) is 20.6 Å². The second-order valence-electron chi connectivity index (χ2n) is 4.11. The summed E-state index contributed by atoms with van der Waals surface area (Å²) >= 11 is 0. The van der Waals surface area contributed by atoms with E-state index in [0.29, 0.717) is 12.5 Å². The van der Waals surface area contributed by atoms with Crippen LogP contribution in [0.4, 0.5) is 11.8 Å². The summed E-state index contributed by atoms with van der Waals surface area (Å²) in [5, 5.41) is 6.28. The van der Waals surface area contributed by atoms with Crippen LogP contribution < -0.4 is 10.6 Å². The minimum absolute atomic E-state index is 0.205. The van der Waals surface area contributed by atoms with Crippen molar-refractivity contribution in [1.29, 1.82) is 0 Å². The van der Waals surface area contributed by atoms with Gasteiger partial charge in [0.05, 0.1) is 5.60 Å². The second-order valence-corrected chi connectivity index (χ2v) is 4.11. The van der Waals surface area contributed by atoms with Crippen LogP contribution in [0, 0.1) is 0 Å². The van der Waals surface area contributed by atoms with E-state index in [0.717, 1.165) is 12.4 Å². The molecule has 5 nitrogen and oxygen atoms in total. The predicted octanol–water partition coefficient (Wildman–Crippen LogP) is 1.75. The number of aromatic nitrogens is 2. The first-order valence-corrected chi connectivity index (χ1v) is 5.43. The third-order valence-electron chi connectivity index (χ3n) is 2.24. The van der Waals surface area contributed by atoms with E-state index in [4.69, 9.17) is 4.74 Å². The molecule has 1 aromatic rings. The van der Waals surface area contributed by atoms with Crippen LogP contribution in [0.25, 0.3) is 0 Å². The normalized spacial score (nSPS) is 11.2. The molecule has 1 rings (SSSR count). The Balaban J connectivity index is 2.57. The van der Waals surface area contributed by atoms with Gasteiger partial charge in [-0.15, -0.1) is 0 Å². The maximum Gasteiger partial charge on any atom is 0.224 e. The van der Waals surface area contributed by atoms with E-state index in [9.17, 15) is 0 Å². The molecule has 0 saturated carbocycles. The Morgan fingerprint density at radius 2 is 2.12 bits per heavy atom. The first-order chi connectivity index (χ1) is 7.57. The Hall–Kier alpha value is -1.36. The molecule has 1 aromatic heterocycles. The summed E-state index contributed by atoms with van der Waals surface area (Å²) in [5.74, 6) is 1.44. The molecular formula is C11H20N4O. The zero-order chi connectivity index (χ0) is 12.0. The van der Waals surface area contributed by atoms with Crippen molar-refractivity contribution in [3.8, 4) is 0 Å². The number of nitrogens with one attached hydrogen (secondary N) is 2. The molecule has 2 N–H and O–H groups in total. The Labute approximate surface area is 96.6 Å². The van der Waals surface area contributed by atoms with Gasteiger partial charge in [-0.1, -0.05) is 0 Å². The van der Waals surface area contributed by atoms with Gasteiger partial charge < -0.3 is 15.4 Å². The fourth-order valence-electron chi connectivity index (χ4n) is 1.08. The molecule has 0 radical (unpaired) electrons. The minimum atomic E-state index is -0.205. The van der Waals surface area contributed by atoms with E-state index in [1.165, 1.54) is 0 Å². The number of hydrogen-bond acceptors (Lipinski definition) is 5. The molecule has 0 atom stereocenters. The lowest BCUT2D eigenvalue weighted by molar-refractivity contribution is 0.0343. The molecule has 0 aliphatic rings. The number of rotatable bonds is 6. The van der Waals surface area contributed by atoms with Gasteiger partial charge in [-0.25, -0.2) is 4.98 Å². The summed E-state index contributed by atoms with van der Waals surface area (Å²) in [5.41, 5.74) is -0.205. The zero-order valence-corrected chi connectivity index (χ0v) is 10.4. The first kappa shape index (κ1) is 12.7. The molecule has 0 unspecified atom stereocenters. The van der Waals surface area contributed by atoms with Crippen molar-refractivity contribution in [2.24, 2.45) is 0 Å². The van der Waals surface area contributed by atoms with Crippen LogP contribution in [0.3, 0.4) is 0 Å². The summed E-state index contributed by atoms with van der Waals surface area (Å²) in [6.45, 7) is 7.56. The van der Waals surface area contributed by atoms with Crippen molar-refractivity contribution >= 4 is 11.8 Å². The van der Waals surface area contributed by atoms with Crippen molar-refractivity contribution in [2.75, 3.05) is 30.8 Å². The van der Waals surface area contributed by atoms with E-state index < -0.39 is 0 Å². The lowest BCUT2D eigenvalue weighted by Crippen LogP contribution is -2.32. The van der Waals surface area contributed by atoms with Crippen molar-refractivity contribution in [3.63, 3.8) is 0 Å². The lowest BCUT2D eigenvalue weighted by Gasteiger charge is -2.23. The van der Waals surface area contributed by atoms with Gasteiger partial charge in [0.15, 0.2) is 0 Å². The number of anilines is 2. The van der Waals surface area contributed by atoms with Gasteiger partial charge in [0, 0.05) is 26.4 Å². The number of ether oxygens (including phenoxy) is 1. The van der Waals surface area contributed by atoms with Gasteiger partial charge in [-0.2, -0.15) is 4.98 Å². The fourth-order valence-corrected chi connectivity index (χ4v) is 1.08. The molecule has 0 aliphatic heterocycles. The molecule has 0 fully saturated rings. The monoisotopic (exact) mass is 224 g/mol. The molecule has 0 aromatic carbocycles. The van der Waals surface area contributed by atoms with Crippen LogP contribution in [-0.4, -0.2) is 35.8 Å². The van der Waals surface area contributed by atoms with Crippen LogP contribution in [0.15, 0.2) is 12.3 Å². The number of methoxy groups -OCH3 is 1. The van der Waals surface area contributed by atoms with Crippen LogP contribution in [0.1, 0.15) is 20.8 Å². The Bertz CT molecular complexity index is 328. The summed E-state index contributed by atoms with van der Waals surface area (Å²) in [7, 11) is 1.70. The highest BCUT2D eigenvalue weighted by molar-refractivity contribution is 5.39. The molecule has 0 spiro atoms. The molecule has 0 bridgehead atoms. The van der Waals surface area contributed by atoms with Crippen molar-refractivity contribution < 1.29 is 4.74 Å².